The van der Waals surface area contributed by atoms with Crippen molar-refractivity contribution in [3.8, 4) is 0 Å². The monoisotopic (exact) mass is 196 g/mol. The molecule has 1 aliphatic heterocycles. The first-order valence-electron chi connectivity index (χ1n) is 6.29. The zero-order valence-electron chi connectivity index (χ0n) is 9.47. The molecular weight excluding hydrogens is 172 g/mol. The summed E-state index contributed by atoms with van der Waals surface area (Å²) < 4.78 is 0. The van der Waals surface area contributed by atoms with Crippen LogP contribution in [0, 0.1) is 0 Å². The van der Waals surface area contributed by atoms with Gasteiger partial charge in [0.1, 0.15) is 0 Å². The van der Waals surface area contributed by atoms with Crippen LogP contribution in [0.2, 0.25) is 0 Å². The molecule has 0 aromatic heterocycles. The van der Waals surface area contributed by atoms with E-state index in [1.165, 1.54) is 58.0 Å². The second-order valence-corrected chi connectivity index (χ2v) is 5.10. The third-order valence-electron chi connectivity index (χ3n) is 3.72. The highest BCUT2D eigenvalue weighted by Crippen LogP contribution is 2.19. The van der Waals surface area contributed by atoms with Gasteiger partial charge in [0, 0.05) is 18.6 Å². The zero-order valence-corrected chi connectivity index (χ0v) is 9.47. The molecule has 2 heteroatoms. The van der Waals surface area contributed by atoms with Crippen molar-refractivity contribution in [2.45, 2.75) is 57.0 Å². The fourth-order valence-corrected chi connectivity index (χ4v) is 2.85. The lowest BCUT2D eigenvalue weighted by atomic mass is 10.1. The largest absolute Gasteiger partial charge is 0.310 e. The van der Waals surface area contributed by atoms with Gasteiger partial charge in [-0.2, -0.15) is 0 Å². The summed E-state index contributed by atoms with van der Waals surface area (Å²) in [5.41, 5.74) is 0. The fraction of sp³-hybridized carbons (Fsp3) is 1.00. The van der Waals surface area contributed by atoms with E-state index in [0.717, 1.165) is 12.1 Å². The first-order valence-corrected chi connectivity index (χ1v) is 6.29. The van der Waals surface area contributed by atoms with Gasteiger partial charge in [-0.25, -0.2) is 0 Å². The van der Waals surface area contributed by atoms with E-state index in [1.54, 1.807) is 0 Å². The van der Waals surface area contributed by atoms with Gasteiger partial charge in [-0.05, 0) is 32.9 Å². The molecule has 0 unspecified atom stereocenters. The summed E-state index contributed by atoms with van der Waals surface area (Å²) in [6.45, 7) is 2.54. The standard InChI is InChI=1S/C12H24N2/c1-14-9-8-12(10-14)13-11-6-4-2-3-5-7-11/h11-13H,2-10H2,1H3/t12-/m1/s1. The molecule has 1 atom stereocenters. The van der Waals surface area contributed by atoms with E-state index in [2.05, 4.69) is 17.3 Å². The minimum atomic E-state index is 0.781. The van der Waals surface area contributed by atoms with Crippen molar-refractivity contribution in [3.05, 3.63) is 0 Å². The Morgan fingerprint density at radius 3 is 2.21 bits per heavy atom. The predicted molar refractivity (Wildman–Crippen MR) is 60.5 cm³/mol. The Morgan fingerprint density at radius 1 is 0.929 bits per heavy atom. The molecule has 2 aliphatic rings. The van der Waals surface area contributed by atoms with Crippen LogP contribution < -0.4 is 5.32 Å². The lowest BCUT2D eigenvalue weighted by Gasteiger charge is -2.21. The highest BCUT2D eigenvalue weighted by molar-refractivity contribution is 4.83. The second kappa shape index (κ2) is 5.13. The van der Waals surface area contributed by atoms with Gasteiger partial charge in [0.2, 0.25) is 0 Å². The highest BCUT2D eigenvalue weighted by atomic mass is 15.2. The van der Waals surface area contributed by atoms with E-state index in [9.17, 15) is 0 Å². The summed E-state index contributed by atoms with van der Waals surface area (Å²) in [5, 5.41) is 3.85. The molecule has 82 valence electrons. The van der Waals surface area contributed by atoms with Crippen LogP contribution in [0.4, 0.5) is 0 Å². The van der Waals surface area contributed by atoms with Gasteiger partial charge >= 0.3 is 0 Å². The number of nitrogens with one attached hydrogen (secondary N) is 1. The Bertz CT molecular complexity index is 162. The Morgan fingerprint density at radius 2 is 1.64 bits per heavy atom. The summed E-state index contributed by atoms with van der Waals surface area (Å²) >= 11 is 0. The van der Waals surface area contributed by atoms with Gasteiger partial charge in [-0.3, -0.25) is 0 Å². The van der Waals surface area contributed by atoms with E-state index in [1.807, 2.05) is 0 Å². The fourth-order valence-electron chi connectivity index (χ4n) is 2.85. The van der Waals surface area contributed by atoms with Crippen LogP contribution in [0.25, 0.3) is 0 Å². The van der Waals surface area contributed by atoms with E-state index in [4.69, 9.17) is 0 Å². The number of rotatable bonds is 2. The highest BCUT2D eigenvalue weighted by Gasteiger charge is 2.22. The summed E-state index contributed by atoms with van der Waals surface area (Å²) in [4.78, 5) is 2.44. The first kappa shape index (κ1) is 10.4. The smallest absolute Gasteiger partial charge is 0.0209 e. The SMILES string of the molecule is CN1CC[C@@H](NC2CCCCCC2)C1. The molecule has 14 heavy (non-hydrogen) atoms. The number of hydrogen-bond acceptors (Lipinski definition) is 2. The number of hydrogen-bond donors (Lipinski definition) is 1. The van der Waals surface area contributed by atoms with Crippen molar-refractivity contribution in [3.63, 3.8) is 0 Å². The zero-order chi connectivity index (χ0) is 9.80. The van der Waals surface area contributed by atoms with Crippen LogP contribution >= 0.6 is 0 Å². The van der Waals surface area contributed by atoms with Crippen molar-refractivity contribution in [2.24, 2.45) is 0 Å². The maximum Gasteiger partial charge on any atom is 0.0209 e. The average molecular weight is 196 g/mol. The topological polar surface area (TPSA) is 15.3 Å². The summed E-state index contributed by atoms with van der Waals surface area (Å²) in [6.07, 6.45) is 10.00. The lowest BCUT2D eigenvalue weighted by molar-refractivity contribution is 0.365. The third kappa shape index (κ3) is 2.96. The molecule has 0 spiro atoms. The first-order chi connectivity index (χ1) is 6.84. The van der Waals surface area contributed by atoms with Gasteiger partial charge in [0.05, 0.1) is 0 Å². The molecule has 1 saturated heterocycles. The van der Waals surface area contributed by atoms with Gasteiger partial charge in [0.25, 0.3) is 0 Å². The summed E-state index contributed by atoms with van der Waals surface area (Å²) in [7, 11) is 2.23. The Labute approximate surface area is 88.1 Å². The molecule has 1 aliphatic carbocycles. The van der Waals surface area contributed by atoms with E-state index >= 15 is 0 Å². The second-order valence-electron chi connectivity index (χ2n) is 5.10. The van der Waals surface area contributed by atoms with Crippen molar-refractivity contribution < 1.29 is 0 Å². The quantitative estimate of drug-likeness (QED) is 0.680. The lowest BCUT2D eigenvalue weighted by Crippen LogP contribution is -2.39. The van der Waals surface area contributed by atoms with Crippen LogP contribution in [-0.2, 0) is 0 Å². The molecule has 2 rings (SSSR count). The molecule has 0 amide bonds. The van der Waals surface area contributed by atoms with Gasteiger partial charge in [-0.1, -0.05) is 25.7 Å². The third-order valence-corrected chi connectivity index (χ3v) is 3.72. The maximum absolute atomic E-state index is 3.85. The molecular formula is C12H24N2. The average Bonchev–Trinajstić information content (AvgIpc) is 2.43. The van der Waals surface area contributed by atoms with Gasteiger partial charge in [0.15, 0.2) is 0 Å². The van der Waals surface area contributed by atoms with Crippen LogP contribution in [0.3, 0.4) is 0 Å². The molecule has 1 saturated carbocycles. The molecule has 2 nitrogen and oxygen atoms in total. The summed E-state index contributed by atoms with van der Waals surface area (Å²) in [6, 6.07) is 1.61. The molecule has 2 fully saturated rings. The van der Waals surface area contributed by atoms with Gasteiger partial charge < -0.3 is 10.2 Å². The molecule has 1 N–H and O–H groups in total. The van der Waals surface area contributed by atoms with Crippen LogP contribution in [0.1, 0.15) is 44.9 Å². The Balaban J connectivity index is 1.72. The summed E-state index contributed by atoms with van der Waals surface area (Å²) in [5.74, 6) is 0. The predicted octanol–water partition coefficient (Wildman–Crippen LogP) is 2.00. The molecule has 0 bridgehead atoms. The van der Waals surface area contributed by atoms with E-state index < -0.39 is 0 Å². The number of likely N-dealkylation sites (tertiary alicyclic amines) is 1. The Hall–Kier alpha value is -0.0800. The van der Waals surface area contributed by atoms with Crippen LogP contribution in [0.15, 0.2) is 0 Å². The maximum atomic E-state index is 3.85. The molecule has 1 heterocycles. The minimum absolute atomic E-state index is 0.781. The number of likely N-dealkylation sites (N-methyl/N-ethyl adjacent to an activating group) is 1. The van der Waals surface area contributed by atoms with Crippen LogP contribution in [-0.4, -0.2) is 37.1 Å². The van der Waals surface area contributed by atoms with Crippen molar-refractivity contribution in [1.29, 1.82) is 0 Å². The van der Waals surface area contributed by atoms with Crippen LogP contribution in [0.5, 0.6) is 0 Å². The van der Waals surface area contributed by atoms with Gasteiger partial charge in [-0.15, -0.1) is 0 Å². The molecule has 0 aromatic carbocycles. The van der Waals surface area contributed by atoms with E-state index in [0.29, 0.717) is 0 Å². The molecule has 0 aromatic rings. The Kier molecular flexibility index (Phi) is 3.82. The van der Waals surface area contributed by atoms with E-state index in [-0.39, 0.29) is 0 Å². The van der Waals surface area contributed by atoms with Crippen molar-refractivity contribution in [1.82, 2.24) is 10.2 Å². The van der Waals surface area contributed by atoms with Crippen molar-refractivity contribution in [2.75, 3.05) is 20.1 Å². The molecule has 0 radical (unpaired) electrons. The normalized spacial score (nSPS) is 31.9. The van der Waals surface area contributed by atoms with Crippen molar-refractivity contribution >= 4 is 0 Å². The minimum Gasteiger partial charge on any atom is -0.310 e. The number of nitrogens with zero attached hydrogens (tertiary/aromatic N) is 1.